The second kappa shape index (κ2) is 3.29. The van der Waals surface area contributed by atoms with Crippen molar-refractivity contribution in [3.8, 4) is 34.5 Å². The average molecular weight is 263 g/mol. The number of rotatable bonds is 0. The average Bonchev–Trinajstić information content (AvgIpc) is 2.73. The molecule has 0 unspecified atom stereocenters. The minimum absolute atomic E-state index is 0.0607. The van der Waals surface area contributed by atoms with Crippen molar-refractivity contribution in [2.45, 2.75) is 0 Å². The number of phenols is 6. The van der Waals surface area contributed by atoms with Crippen LogP contribution >= 0.6 is 0 Å². The Morgan fingerprint density at radius 1 is 0.579 bits per heavy atom. The highest BCUT2D eigenvalue weighted by atomic mass is 16.3. The highest BCUT2D eigenvalue weighted by Crippen LogP contribution is 2.48. The summed E-state index contributed by atoms with van der Waals surface area (Å²) in [6.07, 6.45) is 0. The lowest BCUT2D eigenvalue weighted by molar-refractivity contribution is 0.370. The summed E-state index contributed by atoms with van der Waals surface area (Å²) >= 11 is 0. The molecule has 98 valence electrons. The van der Waals surface area contributed by atoms with Gasteiger partial charge in [-0.25, -0.2) is 0 Å². The monoisotopic (exact) mass is 263 g/mol. The summed E-state index contributed by atoms with van der Waals surface area (Å²) in [6.45, 7) is 0. The van der Waals surface area contributed by atoms with Gasteiger partial charge in [0.05, 0.1) is 11.0 Å². The molecule has 3 aromatic rings. The minimum Gasteiger partial charge on any atom is -0.504 e. The lowest BCUT2D eigenvalue weighted by Crippen LogP contribution is -1.74. The van der Waals surface area contributed by atoms with Crippen LogP contribution in [0.3, 0.4) is 0 Å². The van der Waals surface area contributed by atoms with Crippen molar-refractivity contribution >= 4 is 21.8 Å². The number of aromatic amines is 1. The van der Waals surface area contributed by atoms with Crippen LogP contribution in [0.4, 0.5) is 0 Å². The predicted molar refractivity (Wildman–Crippen MR) is 65.8 cm³/mol. The molecule has 0 amide bonds. The van der Waals surface area contributed by atoms with Crippen molar-refractivity contribution in [3.05, 3.63) is 12.1 Å². The maximum Gasteiger partial charge on any atom is 0.202 e. The van der Waals surface area contributed by atoms with E-state index in [0.29, 0.717) is 0 Å². The van der Waals surface area contributed by atoms with Crippen LogP contribution in [0.5, 0.6) is 34.5 Å². The van der Waals surface area contributed by atoms with Gasteiger partial charge < -0.3 is 35.6 Å². The Bertz CT molecular complexity index is 767. The fraction of sp³-hybridized carbons (Fsp3) is 0. The third-order valence-corrected chi connectivity index (χ3v) is 3.05. The summed E-state index contributed by atoms with van der Waals surface area (Å²) in [4.78, 5) is 2.61. The molecule has 0 aliphatic rings. The van der Waals surface area contributed by atoms with Gasteiger partial charge in [-0.05, 0) is 12.1 Å². The van der Waals surface area contributed by atoms with E-state index >= 15 is 0 Å². The molecular weight excluding hydrogens is 254 g/mol. The van der Waals surface area contributed by atoms with Crippen molar-refractivity contribution in [3.63, 3.8) is 0 Å². The first kappa shape index (κ1) is 11.1. The summed E-state index contributed by atoms with van der Waals surface area (Å²) in [6, 6.07) is 2.33. The number of aromatic hydroxyl groups is 6. The van der Waals surface area contributed by atoms with Crippen molar-refractivity contribution in [2.75, 3.05) is 0 Å². The van der Waals surface area contributed by atoms with Gasteiger partial charge in [0.15, 0.2) is 23.0 Å². The van der Waals surface area contributed by atoms with Crippen molar-refractivity contribution < 1.29 is 30.6 Å². The Balaban J connectivity index is 2.61. The van der Waals surface area contributed by atoms with E-state index in [0.717, 1.165) is 0 Å². The van der Waals surface area contributed by atoms with Gasteiger partial charge in [0.25, 0.3) is 0 Å². The topological polar surface area (TPSA) is 137 Å². The quantitative estimate of drug-likeness (QED) is 0.307. The second-order valence-electron chi connectivity index (χ2n) is 4.16. The van der Waals surface area contributed by atoms with Gasteiger partial charge in [-0.15, -0.1) is 0 Å². The molecule has 3 rings (SSSR count). The molecule has 0 bridgehead atoms. The van der Waals surface area contributed by atoms with E-state index in [2.05, 4.69) is 4.98 Å². The van der Waals surface area contributed by atoms with E-state index in [1.807, 2.05) is 0 Å². The SMILES string of the molecule is Oc1cc2c([nH]c3c(O)c(O)c(O)cc32)c(O)c1O. The van der Waals surface area contributed by atoms with Crippen LogP contribution in [0.15, 0.2) is 12.1 Å². The van der Waals surface area contributed by atoms with Crippen LogP contribution in [0, 0.1) is 0 Å². The molecule has 0 aliphatic carbocycles. The van der Waals surface area contributed by atoms with Gasteiger partial charge in [-0.1, -0.05) is 0 Å². The first-order valence-electron chi connectivity index (χ1n) is 5.25. The van der Waals surface area contributed by atoms with Crippen molar-refractivity contribution in [1.82, 2.24) is 4.98 Å². The van der Waals surface area contributed by atoms with Crippen LogP contribution in [0.2, 0.25) is 0 Å². The highest BCUT2D eigenvalue weighted by Gasteiger charge is 2.20. The Morgan fingerprint density at radius 3 is 1.32 bits per heavy atom. The zero-order valence-corrected chi connectivity index (χ0v) is 9.34. The van der Waals surface area contributed by atoms with E-state index in [-0.39, 0.29) is 21.8 Å². The van der Waals surface area contributed by atoms with Crippen LogP contribution in [-0.4, -0.2) is 35.6 Å². The van der Waals surface area contributed by atoms with E-state index in [1.54, 1.807) is 0 Å². The molecule has 19 heavy (non-hydrogen) atoms. The summed E-state index contributed by atoms with van der Waals surface area (Å²) in [5.41, 5.74) is 0.121. The largest absolute Gasteiger partial charge is 0.504 e. The summed E-state index contributed by atoms with van der Waals surface area (Å²) in [5.74, 6) is -3.68. The number of benzene rings is 2. The first-order chi connectivity index (χ1) is 8.91. The molecular formula is C12H9NO6. The lowest BCUT2D eigenvalue weighted by atomic mass is 10.1. The molecule has 0 radical (unpaired) electrons. The molecule has 0 atom stereocenters. The van der Waals surface area contributed by atoms with E-state index in [1.165, 1.54) is 12.1 Å². The van der Waals surface area contributed by atoms with Crippen LogP contribution in [0.25, 0.3) is 21.8 Å². The van der Waals surface area contributed by atoms with Crippen LogP contribution in [-0.2, 0) is 0 Å². The van der Waals surface area contributed by atoms with Gasteiger partial charge in [0, 0.05) is 10.8 Å². The third-order valence-electron chi connectivity index (χ3n) is 3.05. The summed E-state index contributed by atoms with van der Waals surface area (Å²) in [7, 11) is 0. The third kappa shape index (κ3) is 1.26. The molecule has 2 aromatic carbocycles. The van der Waals surface area contributed by atoms with Gasteiger partial charge >= 0.3 is 0 Å². The van der Waals surface area contributed by atoms with Crippen LogP contribution in [0.1, 0.15) is 0 Å². The molecule has 7 N–H and O–H groups in total. The van der Waals surface area contributed by atoms with Crippen LogP contribution < -0.4 is 0 Å². The molecule has 0 spiro atoms. The molecule has 1 aromatic heterocycles. The first-order valence-corrected chi connectivity index (χ1v) is 5.25. The fourth-order valence-electron chi connectivity index (χ4n) is 2.09. The zero-order valence-electron chi connectivity index (χ0n) is 9.34. The summed E-state index contributed by atoms with van der Waals surface area (Å²) < 4.78 is 0. The van der Waals surface area contributed by atoms with Crippen molar-refractivity contribution in [2.24, 2.45) is 0 Å². The molecule has 0 aliphatic heterocycles. The predicted octanol–water partition coefficient (Wildman–Crippen LogP) is 1.55. The highest BCUT2D eigenvalue weighted by molar-refractivity contribution is 6.13. The van der Waals surface area contributed by atoms with Gasteiger partial charge in [0.2, 0.25) is 11.5 Å². The maximum atomic E-state index is 9.72. The number of phenolic OH excluding ortho intramolecular Hbond substituents is 6. The van der Waals surface area contributed by atoms with Gasteiger partial charge in [-0.2, -0.15) is 0 Å². The normalized spacial score (nSPS) is 11.4. The molecule has 7 heteroatoms. The number of aromatic nitrogens is 1. The number of hydrogen-bond donors (Lipinski definition) is 7. The van der Waals surface area contributed by atoms with E-state index < -0.39 is 34.5 Å². The number of nitrogens with one attached hydrogen (secondary N) is 1. The molecule has 7 nitrogen and oxygen atoms in total. The van der Waals surface area contributed by atoms with Crippen molar-refractivity contribution in [1.29, 1.82) is 0 Å². The lowest BCUT2D eigenvalue weighted by Gasteiger charge is -2.02. The second-order valence-corrected chi connectivity index (χ2v) is 4.16. The number of hydrogen-bond acceptors (Lipinski definition) is 6. The molecule has 0 fully saturated rings. The standard InChI is InChI=1S/C12H9NO6/c14-5-1-3-4-2-6(15)10(17)12(19)8(4)13-7(3)11(18)9(5)16/h1-2,13-19H. The molecule has 1 heterocycles. The molecule has 0 saturated carbocycles. The Morgan fingerprint density at radius 2 is 0.947 bits per heavy atom. The Hall–Kier alpha value is -2.96. The number of H-pyrrole nitrogens is 1. The Labute approximate surface area is 105 Å². The van der Waals surface area contributed by atoms with Gasteiger partial charge in [0.1, 0.15) is 0 Å². The maximum absolute atomic E-state index is 9.72. The smallest absolute Gasteiger partial charge is 0.202 e. The fourth-order valence-corrected chi connectivity index (χ4v) is 2.09. The zero-order chi connectivity index (χ0) is 13.9. The van der Waals surface area contributed by atoms with E-state index in [4.69, 9.17) is 0 Å². The van der Waals surface area contributed by atoms with Gasteiger partial charge in [-0.3, -0.25) is 0 Å². The number of fused-ring (bicyclic) bond motifs is 3. The van der Waals surface area contributed by atoms with E-state index in [9.17, 15) is 30.6 Å². The summed E-state index contributed by atoms with van der Waals surface area (Å²) in [5, 5.41) is 57.8. The Kier molecular flexibility index (Phi) is 1.93. The minimum atomic E-state index is -0.702. The molecule has 0 saturated heterocycles.